The topological polar surface area (TPSA) is 17.1 Å². The Hall–Kier alpha value is -0.580. The van der Waals surface area contributed by atoms with Gasteiger partial charge in [-0.1, -0.05) is 0 Å². The van der Waals surface area contributed by atoms with E-state index in [9.17, 15) is 4.79 Å². The molecule has 0 unspecified atom stereocenters. The van der Waals surface area contributed by atoms with Crippen LogP contribution in [0.25, 0.3) is 0 Å². The molecule has 0 spiro atoms. The Morgan fingerprint density at radius 2 is 1.94 bits per heavy atom. The molecule has 0 N–H and O–H groups in total. The molecule has 0 radical (unpaired) electrons. The van der Waals surface area contributed by atoms with Gasteiger partial charge >= 0.3 is 115 Å². The standard InChI is InChI=1S/C15H20OTe/c1-3-5-7-12-15(14(16)4-2)17-13-10-8-6-9-11-13/h6,8-12H,3-5,7H2,1-2H3/b15-12-. The molecule has 0 amide bonds. The van der Waals surface area contributed by atoms with E-state index in [0.717, 1.165) is 10.0 Å². The molecule has 1 rings (SSSR count). The van der Waals surface area contributed by atoms with Gasteiger partial charge in [-0.2, -0.15) is 0 Å². The van der Waals surface area contributed by atoms with Gasteiger partial charge in [-0.05, 0) is 0 Å². The van der Waals surface area contributed by atoms with E-state index in [-0.39, 0.29) is 0 Å². The van der Waals surface area contributed by atoms with Gasteiger partial charge in [0.05, 0.1) is 0 Å². The zero-order valence-corrected chi connectivity index (χ0v) is 12.9. The number of carbonyl (C=O) groups excluding carboxylic acids is 1. The van der Waals surface area contributed by atoms with Crippen molar-refractivity contribution in [2.45, 2.75) is 39.5 Å². The fourth-order valence-corrected chi connectivity index (χ4v) is 4.31. The van der Waals surface area contributed by atoms with E-state index >= 15 is 0 Å². The Balaban J connectivity index is 2.70. The molecular formula is C15H20OTe. The number of hydrogen-bond acceptors (Lipinski definition) is 1. The number of hydrogen-bond donors (Lipinski definition) is 0. The molecule has 0 saturated carbocycles. The van der Waals surface area contributed by atoms with Gasteiger partial charge < -0.3 is 0 Å². The van der Waals surface area contributed by atoms with Crippen LogP contribution in [0.3, 0.4) is 0 Å². The predicted molar refractivity (Wildman–Crippen MR) is 74.7 cm³/mol. The summed E-state index contributed by atoms with van der Waals surface area (Å²) in [4.78, 5) is 11.9. The van der Waals surface area contributed by atoms with Crippen molar-refractivity contribution >= 4 is 30.3 Å². The molecule has 17 heavy (non-hydrogen) atoms. The molecule has 0 heterocycles. The summed E-state index contributed by atoms with van der Waals surface area (Å²) in [6.07, 6.45) is 6.24. The maximum absolute atomic E-state index is 11.9. The Morgan fingerprint density at radius 1 is 1.24 bits per heavy atom. The van der Waals surface area contributed by atoms with Gasteiger partial charge in [0, 0.05) is 0 Å². The summed E-state index contributed by atoms with van der Waals surface area (Å²) < 4.78 is 2.46. The molecule has 0 bridgehead atoms. The van der Waals surface area contributed by atoms with Crippen LogP contribution >= 0.6 is 0 Å². The van der Waals surface area contributed by atoms with E-state index in [2.05, 4.69) is 37.3 Å². The molecule has 2 heteroatoms. The van der Waals surface area contributed by atoms with Gasteiger partial charge in [-0.15, -0.1) is 0 Å². The molecule has 0 fully saturated rings. The fraction of sp³-hybridized carbons (Fsp3) is 0.400. The third-order valence-electron chi connectivity index (χ3n) is 2.45. The minimum absolute atomic E-state index is 0.340. The molecule has 1 aromatic rings. The average Bonchev–Trinajstić information content (AvgIpc) is 2.38. The zero-order chi connectivity index (χ0) is 12.5. The fourth-order valence-electron chi connectivity index (χ4n) is 1.44. The number of Topliss-reactive ketones (excluding diaryl/α,β-unsaturated/α-hetero) is 1. The first-order valence-electron chi connectivity index (χ1n) is 6.24. The van der Waals surface area contributed by atoms with Gasteiger partial charge in [0.25, 0.3) is 0 Å². The SMILES string of the molecule is CCCC/C=C(\[Te]c1ccccc1)C(=O)CC. The van der Waals surface area contributed by atoms with Crippen molar-refractivity contribution in [2.75, 3.05) is 0 Å². The van der Waals surface area contributed by atoms with E-state index < -0.39 is 20.9 Å². The first-order valence-corrected chi connectivity index (χ1v) is 8.57. The number of benzene rings is 1. The summed E-state index contributed by atoms with van der Waals surface area (Å²) in [5.74, 6) is 0.340. The van der Waals surface area contributed by atoms with Crippen molar-refractivity contribution in [3.63, 3.8) is 0 Å². The molecule has 0 aliphatic carbocycles. The number of unbranched alkanes of at least 4 members (excludes halogenated alkanes) is 2. The Kier molecular flexibility index (Phi) is 7.24. The minimum atomic E-state index is -0.486. The van der Waals surface area contributed by atoms with Crippen LogP contribution < -0.4 is 3.61 Å². The van der Waals surface area contributed by atoms with Gasteiger partial charge in [0.1, 0.15) is 0 Å². The summed E-state index contributed by atoms with van der Waals surface area (Å²) >= 11 is -0.486. The summed E-state index contributed by atoms with van der Waals surface area (Å²) in [5.41, 5.74) is 0. The Morgan fingerprint density at radius 3 is 2.53 bits per heavy atom. The van der Waals surface area contributed by atoms with Crippen molar-refractivity contribution in [3.8, 4) is 0 Å². The number of allylic oxidation sites excluding steroid dienone is 2. The van der Waals surface area contributed by atoms with Crippen LogP contribution in [-0.2, 0) is 4.79 Å². The number of ketones is 1. The monoisotopic (exact) mass is 346 g/mol. The van der Waals surface area contributed by atoms with Crippen molar-refractivity contribution in [1.29, 1.82) is 0 Å². The summed E-state index contributed by atoms with van der Waals surface area (Å²) in [6.45, 7) is 4.14. The third-order valence-corrected chi connectivity index (χ3v) is 5.66. The predicted octanol–water partition coefficient (Wildman–Crippen LogP) is 3.07. The van der Waals surface area contributed by atoms with E-state index in [4.69, 9.17) is 0 Å². The van der Waals surface area contributed by atoms with Crippen LogP contribution in [0, 0.1) is 0 Å². The summed E-state index contributed by atoms with van der Waals surface area (Å²) in [6, 6.07) is 10.4. The normalized spacial score (nSPS) is 11.5. The van der Waals surface area contributed by atoms with Crippen LogP contribution in [-0.4, -0.2) is 26.7 Å². The van der Waals surface area contributed by atoms with Gasteiger partial charge in [-0.25, -0.2) is 0 Å². The maximum atomic E-state index is 11.9. The number of rotatable bonds is 7. The second-order valence-electron chi connectivity index (χ2n) is 3.90. The Labute approximate surface area is 114 Å². The molecular weight excluding hydrogens is 324 g/mol. The Bertz CT molecular complexity index is 368. The molecule has 1 nitrogen and oxygen atoms in total. The molecule has 0 atom stereocenters. The molecule has 92 valence electrons. The van der Waals surface area contributed by atoms with Crippen LogP contribution in [0.5, 0.6) is 0 Å². The van der Waals surface area contributed by atoms with Crippen LogP contribution in [0.4, 0.5) is 0 Å². The molecule has 0 saturated heterocycles. The van der Waals surface area contributed by atoms with Crippen molar-refractivity contribution in [2.24, 2.45) is 0 Å². The van der Waals surface area contributed by atoms with Crippen LogP contribution in [0.1, 0.15) is 39.5 Å². The van der Waals surface area contributed by atoms with Gasteiger partial charge in [0.15, 0.2) is 0 Å². The number of carbonyl (C=O) groups is 1. The van der Waals surface area contributed by atoms with E-state index in [1.165, 1.54) is 16.5 Å². The summed E-state index contributed by atoms with van der Waals surface area (Å²) in [7, 11) is 0. The summed E-state index contributed by atoms with van der Waals surface area (Å²) in [5, 5.41) is 0. The van der Waals surface area contributed by atoms with Crippen molar-refractivity contribution < 1.29 is 4.79 Å². The quantitative estimate of drug-likeness (QED) is 0.422. The average molecular weight is 344 g/mol. The van der Waals surface area contributed by atoms with Gasteiger partial charge in [0.2, 0.25) is 0 Å². The van der Waals surface area contributed by atoms with E-state index in [1.54, 1.807) is 0 Å². The second kappa shape index (κ2) is 8.50. The van der Waals surface area contributed by atoms with Crippen LogP contribution in [0.2, 0.25) is 0 Å². The molecule has 0 aliphatic heterocycles. The third kappa shape index (κ3) is 5.52. The zero-order valence-electron chi connectivity index (χ0n) is 10.6. The molecule has 0 aromatic heterocycles. The van der Waals surface area contributed by atoms with Crippen molar-refractivity contribution in [1.82, 2.24) is 0 Å². The van der Waals surface area contributed by atoms with Gasteiger partial charge in [-0.3, -0.25) is 0 Å². The van der Waals surface area contributed by atoms with E-state index in [0.29, 0.717) is 12.2 Å². The second-order valence-corrected chi connectivity index (χ2v) is 7.09. The molecule has 1 aromatic carbocycles. The van der Waals surface area contributed by atoms with Crippen LogP contribution in [0.15, 0.2) is 40.0 Å². The molecule has 0 aliphatic rings. The first kappa shape index (κ1) is 14.5. The van der Waals surface area contributed by atoms with E-state index in [1.807, 2.05) is 13.0 Å². The first-order chi connectivity index (χ1) is 8.27. The van der Waals surface area contributed by atoms with Crippen molar-refractivity contribution in [3.05, 3.63) is 40.0 Å².